The first-order valence-corrected chi connectivity index (χ1v) is 7.10. The van der Waals surface area contributed by atoms with Crippen LogP contribution in [-0.4, -0.2) is 37.2 Å². The van der Waals surface area contributed by atoms with E-state index >= 15 is 0 Å². The van der Waals surface area contributed by atoms with E-state index in [0.717, 1.165) is 0 Å². The highest BCUT2D eigenvalue weighted by atomic mass is 35.5. The Kier molecular flexibility index (Phi) is 4.75. The Morgan fingerprint density at radius 1 is 1.36 bits per heavy atom. The van der Waals surface area contributed by atoms with Gasteiger partial charge in [-0.05, 0) is 18.9 Å². The number of piperidine rings is 1. The first kappa shape index (κ1) is 16.7. The molecule has 1 fully saturated rings. The second-order valence-corrected chi connectivity index (χ2v) is 5.59. The zero-order chi connectivity index (χ0) is 16.5. The third-order valence-electron chi connectivity index (χ3n) is 3.79. The number of nitrogen functional groups attached to an aromatic ring is 1. The molecular formula is C14H16ClF3N2O2. The fourth-order valence-corrected chi connectivity index (χ4v) is 2.65. The number of ether oxygens (including phenoxy) is 1. The van der Waals surface area contributed by atoms with Gasteiger partial charge in [0.25, 0.3) is 5.91 Å². The van der Waals surface area contributed by atoms with Crippen LogP contribution in [0.3, 0.4) is 0 Å². The number of carbonyl (C=O) groups is 1. The van der Waals surface area contributed by atoms with Crippen molar-refractivity contribution >= 4 is 23.2 Å². The molecule has 1 heterocycles. The van der Waals surface area contributed by atoms with Crippen molar-refractivity contribution in [3.05, 3.63) is 22.7 Å². The number of hydrogen-bond donors (Lipinski definition) is 1. The van der Waals surface area contributed by atoms with Crippen molar-refractivity contribution in [3.8, 4) is 5.75 Å². The van der Waals surface area contributed by atoms with Crippen molar-refractivity contribution in [1.82, 2.24) is 4.90 Å². The number of rotatable bonds is 2. The van der Waals surface area contributed by atoms with Gasteiger partial charge < -0.3 is 15.4 Å². The van der Waals surface area contributed by atoms with Crippen LogP contribution >= 0.6 is 11.6 Å². The van der Waals surface area contributed by atoms with Crippen LogP contribution in [0.25, 0.3) is 0 Å². The van der Waals surface area contributed by atoms with Gasteiger partial charge in [-0.2, -0.15) is 13.2 Å². The van der Waals surface area contributed by atoms with Crippen LogP contribution in [-0.2, 0) is 0 Å². The van der Waals surface area contributed by atoms with Crippen LogP contribution in [0.4, 0.5) is 18.9 Å². The third-order valence-corrected chi connectivity index (χ3v) is 4.12. The molecule has 1 saturated heterocycles. The van der Waals surface area contributed by atoms with Crippen LogP contribution < -0.4 is 10.5 Å². The van der Waals surface area contributed by atoms with Gasteiger partial charge in [0, 0.05) is 19.2 Å². The van der Waals surface area contributed by atoms with Crippen molar-refractivity contribution in [2.24, 2.45) is 5.92 Å². The van der Waals surface area contributed by atoms with Crippen LogP contribution in [0.2, 0.25) is 5.02 Å². The van der Waals surface area contributed by atoms with Gasteiger partial charge >= 0.3 is 6.18 Å². The molecule has 0 atom stereocenters. The van der Waals surface area contributed by atoms with Crippen molar-refractivity contribution in [2.45, 2.75) is 19.0 Å². The Morgan fingerprint density at radius 3 is 2.45 bits per heavy atom. The molecular weight excluding hydrogens is 321 g/mol. The molecule has 8 heteroatoms. The van der Waals surface area contributed by atoms with Crippen molar-refractivity contribution in [3.63, 3.8) is 0 Å². The second-order valence-electron chi connectivity index (χ2n) is 5.18. The molecule has 1 amide bonds. The van der Waals surface area contributed by atoms with E-state index < -0.39 is 18.0 Å². The molecule has 0 bridgehead atoms. The van der Waals surface area contributed by atoms with E-state index in [-0.39, 0.29) is 48.0 Å². The number of alkyl halides is 3. The van der Waals surface area contributed by atoms with Crippen LogP contribution in [0.5, 0.6) is 5.75 Å². The first-order valence-electron chi connectivity index (χ1n) is 6.73. The number of halogens is 4. The Balaban J connectivity index is 2.15. The maximum atomic E-state index is 12.7. The highest BCUT2D eigenvalue weighted by Gasteiger charge is 2.42. The Morgan fingerprint density at radius 2 is 1.95 bits per heavy atom. The summed E-state index contributed by atoms with van der Waals surface area (Å²) in [5, 5.41) is 0.203. The number of hydrogen-bond acceptors (Lipinski definition) is 3. The van der Waals surface area contributed by atoms with Gasteiger partial charge in [-0.25, -0.2) is 0 Å². The summed E-state index contributed by atoms with van der Waals surface area (Å²) in [5.74, 6) is -1.50. The molecule has 4 nitrogen and oxygen atoms in total. The first-order chi connectivity index (χ1) is 10.2. The van der Waals surface area contributed by atoms with E-state index in [0.29, 0.717) is 0 Å². The summed E-state index contributed by atoms with van der Waals surface area (Å²) in [4.78, 5) is 13.8. The Hall–Kier alpha value is -1.63. The molecule has 2 N–H and O–H groups in total. The summed E-state index contributed by atoms with van der Waals surface area (Å²) in [6.07, 6.45) is -4.40. The second kappa shape index (κ2) is 6.24. The molecule has 122 valence electrons. The summed E-state index contributed by atoms with van der Waals surface area (Å²) < 4.78 is 43.1. The van der Waals surface area contributed by atoms with Gasteiger partial charge in [-0.1, -0.05) is 11.6 Å². The summed E-state index contributed by atoms with van der Waals surface area (Å²) in [6.45, 7) is 0.0995. The molecule has 1 aromatic carbocycles. The summed E-state index contributed by atoms with van der Waals surface area (Å²) in [5.41, 5.74) is 6.12. The van der Waals surface area contributed by atoms with Gasteiger partial charge in [0.05, 0.1) is 29.3 Å². The topological polar surface area (TPSA) is 55.6 Å². The van der Waals surface area contributed by atoms with Gasteiger partial charge in [0.1, 0.15) is 5.75 Å². The molecule has 1 aliphatic heterocycles. The van der Waals surface area contributed by atoms with E-state index in [1.54, 1.807) is 0 Å². The normalized spacial score (nSPS) is 16.7. The fraction of sp³-hybridized carbons (Fsp3) is 0.500. The minimum Gasteiger partial charge on any atom is -0.496 e. The minimum absolute atomic E-state index is 0.0498. The molecule has 0 unspecified atom stereocenters. The van der Waals surface area contributed by atoms with Gasteiger partial charge in [-0.3, -0.25) is 4.79 Å². The van der Waals surface area contributed by atoms with E-state index in [9.17, 15) is 18.0 Å². The molecule has 2 rings (SSSR count). The Bertz CT molecular complexity index is 570. The predicted molar refractivity (Wildman–Crippen MR) is 77.1 cm³/mol. The van der Waals surface area contributed by atoms with Crippen molar-refractivity contribution in [2.75, 3.05) is 25.9 Å². The number of nitrogens with two attached hydrogens (primary N) is 1. The average Bonchev–Trinajstić information content (AvgIpc) is 2.48. The average molecular weight is 337 g/mol. The van der Waals surface area contributed by atoms with Gasteiger partial charge in [-0.15, -0.1) is 0 Å². The summed E-state index contributed by atoms with van der Waals surface area (Å²) in [6, 6.07) is 2.81. The van der Waals surface area contributed by atoms with E-state index in [1.807, 2.05) is 0 Å². The van der Waals surface area contributed by atoms with Crippen molar-refractivity contribution < 1.29 is 22.7 Å². The summed E-state index contributed by atoms with van der Waals surface area (Å²) >= 11 is 5.91. The quantitative estimate of drug-likeness (QED) is 0.843. The SMILES string of the molecule is COc1cc(N)c(Cl)cc1C(=O)N1CCC(C(F)(F)F)CC1. The highest BCUT2D eigenvalue weighted by molar-refractivity contribution is 6.33. The largest absolute Gasteiger partial charge is 0.496 e. The Labute approximate surface area is 131 Å². The zero-order valence-corrected chi connectivity index (χ0v) is 12.7. The molecule has 0 saturated carbocycles. The van der Waals surface area contributed by atoms with Crippen LogP contribution in [0, 0.1) is 5.92 Å². The van der Waals surface area contributed by atoms with E-state index in [1.165, 1.54) is 24.1 Å². The smallest absolute Gasteiger partial charge is 0.391 e. The van der Waals surface area contributed by atoms with Gasteiger partial charge in [0.2, 0.25) is 0 Å². The molecule has 0 aliphatic carbocycles. The number of amides is 1. The number of likely N-dealkylation sites (tertiary alicyclic amines) is 1. The lowest BCUT2D eigenvalue weighted by Crippen LogP contribution is -2.42. The number of benzene rings is 1. The zero-order valence-electron chi connectivity index (χ0n) is 11.9. The number of anilines is 1. The maximum absolute atomic E-state index is 12.7. The molecule has 1 aliphatic rings. The lowest BCUT2D eigenvalue weighted by atomic mass is 9.95. The maximum Gasteiger partial charge on any atom is 0.391 e. The van der Waals surface area contributed by atoms with Crippen LogP contribution in [0.15, 0.2) is 12.1 Å². The van der Waals surface area contributed by atoms with E-state index in [2.05, 4.69) is 0 Å². The lowest BCUT2D eigenvalue weighted by molar-refractivity contribution is -0.183. The standard InChI is InChI=1S/C14H16ClF3N2O2/c1-22-12-7-11(19)10(15)6-9(12)13(21)20-4-2-8(3-5-20)14(16,17)18/h6-8H,2-5,19H2,1H3. The number of carbonyl (C=O) groups excluding carboxylic acids is 1. The monoisotopic (exact) mass is 336 g/mol. The van der Waals surface area contributed by atoms with Gasteiger partial charge in [0.15, 0.2) is 0 Å². The number of nitrogens with zero attached hydrogens (tertiary/aromatic N) is 1. The fourth-order valence-electron chi connectivity index (χ4n) is 2.49. The third kappa shape index (κ3) is 3.40. The molecule has 1 aromatic rings. The highest BCUT2D eigenvalue weighted by Crippen LogP contribution is 2.35. The molecule has 0 radical (unpaired) electrons. The van der Waals surface area contributed by atoms with E-state index in [4.69, 9.17) is 22.1 Å². The minimum atomic E-state index is -4.21. The molecule has 22 heavy (non-hydrogen) atoms. The molecule has 0 aromatic heterocycles. The predicted octanol–water partition coefficient (Wildman–Crippen LogP) is 3.35. The van der Waals surface area contributed by atoms with Crippen molar-refractivity contribution in [1.29, 1.82) is 0 Å². The summed E-state index contributed by atoms with van der Waals surface area (Å²) in [7, 11) is 1.38. The molecule has 0 spiro atoms. The lowest BCUT2D eigenvalue weighted by Gasteiger charge is -2.33. The van der Waals surface area contributed by atoms with Crippen LogP contribution in [0.1, 0.15) is 23.2 Å². The number of methoxy groups -OCH3 is 1.